The molecule has 0 bridgehead atoms. The standard InChI is InChI=1S/C22H16Cl2N2O3S/c1-13(27)14-3-2-4-16(11-14)25-22(30)26-21(28)10-7-17-6-9-20(29-17)18-8-5-15(23)12-19(18)24/h2-12H,1H3,(H2,25,26,28,30)/b10-7+. The Balaban J connectivity index is 1.59. The Labute approximate surface area is 188 Å². The number of carbonyl (C=O) groups excluding carboxylic acids is 2. The number of rotatable bonds is 5. The summed E-state index contributed by atoms with van der Waals surface area (Å²) in [6, 6.07) is 15.4. The van der Waals surface area contributed by atoms with Gasteiger partial charge in [-0.3, -0.25) is 14.9 Å². The van der Waals surface area contributed by atoms with Gasteiger partial charge in [0.2, 0.25) is 5.91 Å². The molecule has 0 spiro atoms. The van der Waals surface area contributed by atoms with E-state index in [4.69, 9.17) is 39.8 Å². The molecular weight excluding hydrogens is 443 g/mol. The molecule has 0 aliphatic carbocycles. The molecule has 8 heteroatoms. The van der Waals surface area contributed by atoms with Crippen LogP contribution in [-0.4, -0.2) is 16.8 Å². The zero-order chi connectivity index (χ0) is 21.7. The van der Waals surface area contributed by atoms with E-state index >= 15 is 0 Å². The zero-order valence-corrected chi connectivity index (χ0v) is 18.1. The van der Waals surface area contributed by atoms with E-state index in [0.29, 0.717) is 38.4 Å². The molecule has 0 saturated carbocycles. The van der Waals surface area contributed by atoms with Gasteiger partial charge < -0.3 is 9.73 Å². The van der Waals surface area contributed by atoms with Crippen molar-refractivity contribution in [3.05, 3.63) is 82.0 Å². The van der Waals surface area contributed by atoms with Crippen LogP contribution in [0.2, 0.25) is 10.0 Å². The molecule has 1 aromatic heterocycles. The van der Waals surface area contributed by atoms with E-state index in [1.54, 1.807) is 54.6 Å². The molecule has 0 aliphatic rings. The number of amides is 1. The molecule has 152 valence electrons. The van der Waals surface area contributed by atoms with Gasteiger partial charge >= 0.3 is 0 Å². The first-order chi connectivity index (χ1) is 14.3. The van der Waals surface area contributed by atoms with Crippen LogP contribution >= 0.6 is 35.4 Å². The lowest BCUT2D eigenvalue weighted by Crippen LogP contribution is -2.32. The molecule has 3 aromatic rings. The maximum Gasteiger partial charge on any atom is 0.250 e. The predicted octanol–water partition coefficient (Wildman–Crippen LogP) is 5.98. The third kappa shape index (κ3) is 5.79. The third-order valence-corrected chi connectivity index (χ3v) is 4.74. The molecule has 3 rings (SSSR count). The molecule has 0 saturated heterocycles. The fourth-order valence-corrected chi connectivity index (χ4v) is 3.29. The number of nitrogens with one attached hydrogen (secondary N) is 2. The van der Waals surface area contributed by atoms with Crippen molar-refractivity contribution >= 4 is 64.0 Å². The number of halogens is 2. The lowest BCUT2D eigenvalue weighted by molar-refractivity contribution is -0.115. The van der Waals surface area contributed by atoms with E-state index in [1.807, 2.05) is 0 Å². The number of hydrogen-bond acceptors (Lipinski definition) is 4. The minimum Gasteiger partial charge on any atom is -0.457 e. The Hall–Kier alpha value is -2.93. The molecule has 0 radical (unpaired) electrons. The highest BCUT2D eigenvalue weighted by atomic mass is 35.5. The van der Waals surface area contributed by atoms with E-state index in [2.05, 4.69) is 10.6 Å². The molecule has 0 aliphatic heterocycles. The second-order valence-electron chi connectivity index (χ2n) is 6.24. The van der Waals surface area contributed by atoms with Crippen molar-refractivity contribution in [3.8, 4) is 11.3 Å². The summed E-state index contributed by atoms with van der Waals surface area (Å²) < 4.78 is 5.70. The highest BCUT2D eigenvalue weighted by Gasteiger charge is 2.09. The van der Waals surface area contributed by atoms with Crippen molar-refractivity contribution in [2.45, 2.75) is 6.92 Å². The number of furan rings is 1. The van der Waals surface area contributed by atoms with Crippen LogP contribution in [0.15, 0.2) is 65.1 Å². The minimum atomic E-state index is -0.433. The fourth-order valence-electron chi connectivity index (χ4n) is 2.57. The first-order valence-electron chi connectivity index (χ1n) is 8.78. The number of thiocarbonyl (C=S) groups is 1. The summed E-state index contributed by atoms with van der Waals surface area (Å²) in [4.78, 5) is 23.5. The number of ketones is 1. The minimum absolute atomic E-state index is 0.0609. The van der Waals surface area contributed by atoms with Crippen LogP contribution in [0.1, 0.15) is 23.0 Å². The van der Waals surface area contributed by atoms with E-state index < -0.39 is 5.91 Å². The number of Topliss-reactive ketones (excluding diaryl/α,β-unsaturated/α-hetero) is 1. The van der Waals surface area contributed by atoms with Crippen molar-refractivity contribution in [2.24, 2.45) is 0 Å². The first-order valence-corrected chi connectivity index (χ1v) is 9.94. The van der Waals surface area contributed by atoms with Gasteiger partial charge in [0.05, 0.1) is 5.02 Å². The van der Waals surface area contributed by atoms with E-state index in [0.717, 1.165) is 0 Å². The number of hydrogen-bond donors (Lipinski definition) is 2. The van der Waals surface area contributed by atoms with Crippen LogP contribution in [0.5, 0.6) is 0 Å². The van der Waals surface area contributed by atoms with Gasteiger partial charge in [-0.25, -0.2) is 0 Å². The molecule has 0 atom stereocenters. The molecular formula is C22H16Cl2N2O3S. The molecule has 30 heavy (non-hydrogen) atoms. The van der Waals surface area contributed by atoms with Crippen LogP contribution < -0.4 is 10.6 Å². The predicted molar refractivity (Wildman–Crippen MR) is 124 cm³/mol. The van der Waals surface area contributed by atoms with Crippen LogP contribution in [-0.2, 0) is 4.79 Å². The van der Waals surface area contributed by atoms with Gasteiger partial charge in [-0.1, -0.05) is 35.3 Å². The van der Waals surface area contributed by atoms with Gasteiger partial charge in [-0.15, -0.1) is 0 Å². The van der Waals surface area contributed by atoms with Crippen LogP contribution in [0.3, 0.4) is 0 Å². The van der Waals surface area contributed by atoms with Gasteiger partial charge in [-0.05, 0) is 67.7 Å². The quantitative estimate of drug-likeness (QED) is 0.279. The first kappa shape index (κ1) is 21.8. The van der Waals surface area contributed by atoms with Gasteiger partial charge in [0.1, 0.15) is 11.5 Å². The maximum absolute atomic E-state index is 12.1. The third-order valence-electron chi connectivity index (χ3n) is 3.99. The average Bonchev–Trinajstić information content (AvgIpc) is 3.15. The van der Waals surface area contributed by atoms with Crippen molar-refractivity contribution in [1.29, 1.82) is 0 Å². The number of anilines is 1. The fraction of sp³-hybridized carbons (Fsp3) is 0.0455. The summed E-state index contributed by atoms with van der Waals surface area (Å²) in [5, 5.41) is 6.51. The van der Waals surface area contributed by atoms with E-state index in [9.17, 15) is 9.59 Å². The summed E-state index contributed by atoms with van der Waals surface area (Å²) in [7, 11) is 0. The largest absolute Gasteiger partial charge is 0.457 e. The molecule has 5 nitrogen and oxygen atoms in total. The summed E-state index contributed by atoms with van der Waals surface area (Å²) in [5.74, 6) is 0.533. The van der Waals surface area contributed by atoms with Gasteiger partial charge in [0, 0.05) is 27.9 Å². The zero-order valence-electron chi connectivity index (χ0n) is 15.7. The van der Waals surface area contributed by atoms with Crippen molar-refractivity contribution in [2.75, 3.05) is 5.32 Å². The Kier molecular flexibility index (Phi) is 7.05. The summed E-state index contributed by atoms with van der Waals surface area (Å²) in [6.07, 6.45) is 2.81. The normalized spacial score (nSPS) is 10.8. The van der Waals surface area contributed by atoms with Crippen LogP contribution in [0.25, 0.3) is 17.4 Å². The van der Waals surface area contributed by atoms with Crippen molar-refractivity contribution < 1.29 is 14.0 Å². The number of benzene rings is 2. The Bertz CT molecular complexity index is 1150. The summed E-state index contributed by atoms with van der Waals surface area (Å²) >= 11 is 17.2. The van der Waals surface area contributed by atoms with Crippen molar-refractivity contribution in [1.82, 2.24) is 5.32 Å². The van der Waals surface area contributed by atoms with Gasteiger partial charge in [0.15, 0.2) is 10.9 Å². The molecule has 1 heterocycles. The van der Waals surface area contributed by atoms with Gasteiger partial charge in [-0.2, -0.15) is 0 Å². The topological polar surface area (TPSA) is 71.3 Å². The molecule has 0 fully saturated rings. The molecule has 1 amide bonds. The second-order valence-corrected chi connectivity index (χ2v) is 7.49. The molecule has 2 aromatic carbocycles. The highest BCUT2D eigenvalue weighted by Crippen LogP contribution is 2.31. The summed E-state index contributed by atoms with van der Waals surface area (Å²) in [5.41, 5.74) is 1.85. The lowest BCUT2D eigenvalue weighted by atomic mass is 10.1. The average molecular weight is 459 g/mol. The lowest BCUT2D eigenvalue weighted by Gasteiger charge is -2.08. The van der Waals surface area contributed by atoms with Crippen LogP contribution in [0.4, 0.5) is 5.69 Å². The van der Waals surface area contributed by atoms with E-state index in [-0.39, 0.29) is 10.9 Å². The summed E-state index contributed by atoms with van der Waals surface area (Å²) in [6.45, 7) is 1.48. The Morgan fingerprint density at radius 2 is 1.87 bits per heavy atom. The smallest absolute Gasteiger partial charge is 0.250 e. The van der Waals surface area contributed by atoms with Crippen molar-refractivity contribution in [3.63, 3.8) is 0 Å². The molecule has 0 unspecified atom stereocenters. The monoisotopic (exact) mass is 458 g/mol. The number of carbonyl (C=O) groups is 2. The highest BCUT2D eigenvalue weighted by molar-refractivity contribution is 7.80. The van der Waals surface area contributed by atoms with E-state index in [1.165, 1.54) is 19.1 Å². The Morgan fingerprint density at radius 3 is 2.60 bits per heavy atom. The maximum atomic E-state index is 12.1. The molecule has 2 N–H and O–H groups in total. The second kappa shape index (κ2) is 9.71. The SMILES string of the molecule is CC(=O)c1cccc(NC(=S)NC(=O)/C=C/c2ccc(-c3ccc(Cl)cc3Cl)o2)c1. The van der Waals surface area contributed by atoms with Gasteiger partial charge in [0.25, 0.3) is 0 Å². The Morgan fingerprint density at radius 1 is 1.07 bits per heavy atom. The van der Waals surface area contributed by atoms with Crippen LogP contribution in [0, 0.1) is 0 Å².